The van der Waals surface area contributed by atoms with E-state index < -0.39 is 0 Å². The van der Waals surface area contributed by atoms with Crippen LogP contribution in [0.1, 0.15) is 45.4 Å². The normalized spacial score (nSPS) is 26.3. The van der Waals surface area contributed by atoms with E-state index in [1.165, 1.54) is 25.7 Å². The Balaban J connectivity index is 1.91. The molecule has 0 radical (unpaired) electrons. The highest BCUT2D eigenvalue weighted by atomic mass is 16.3. The minimum absolute atomic E-state index is 0.249. The van der Waals surface area contributed by atoms with Gasteiger partial charge in [-0.15, -0.1) is 0 Å². The first kappa shape index (κ1) is 12.6. The Hall–Kier alpha value is -0.900. The minimum Gasteiger partial charge on any atom is -0.392 e. The van der Waals surface area contributed by atoms with E-state index in [1.54, 1.807) is 6.33 Å². The van der Waals surface area contributed by atoms with Crippen molar-refractivity contribution in [2.24, 2.45) is 11.8 Å². The van der Waals surface area contributed by atoms with E-state index in [9.17, 15) is 5.11 Å². The largest absolute Gasteiger partial charge is 0.392 e. The highest BCUT2D eigenvalue weighted by Crippen LogP contribution is 2.35. The van der Waals surface area contributed by atoms with E-state index in [4.69, 9.17) is 0 Å². The molecule has 3 unspecified atom stereocenters. The van der Waals surface area contributed by atoms with E-state index in [2.05, 4.69) is 17.0 Å². The quantitative estimate of drug-likeness (QED) is 0.852. The van der Waals surface area contributed by atoms with Crippen LogP contribution in [0.4, 0.5) is 0 Å². The number of aryl methyl sites for hydroxylation is 1. The van der Waals surface area contributed by atoms with Gasteiger partial charge in [-0.1, -0.05) is 19.8 Å². The van der Waals surface area contributed by atoms with E-state index in [0.717, 1.165) is 18.3 Å². The molecule has 96 valence electrons. The van der Waals surface area contributed by atoms with Gasteiger partial charge < -0.3 is 5.11 Å². The molecular formula is C13H23N3O. The van der Waals surface area contributed by atoms with Crippen LogP contribution in [0.25, 0.3) is 0 Å². The molecule has 0 bridgehead atoms. The number of aromatic nitrogens is 3. The fourth-order valence-electron chi connectivity index (χ4n) is 2.90. The van der Waals surface area contributed by atoms with Crippen LogP contribution in [-0.4, -0.2) is 26.0 Å². The number of rotatable bonds is 5. The van der Waals surface area contributed by atoms with Gasteiger partial charge >= 0.3 is 0 Å². The first-order chi connectivity index (χ1) is 8.24. The Morgan fingerprint density at radius 1 is 1.47 bits per heavy atom. The Morgan fingerprint density at radius 2 is 2.29 bits per heavy atom. The number of hydrogen-bond acceptors (Lipinski definition) is 3. The van der Waals surface area contributed by atoms with Crippen molar-refractivity contribution in [1.82, 2.24) is 14.8 Å². The Labute approximate surface area is 103 Å². The molecule has 0 saturated heterocycles. The fraction of sp³-hybridized carbons (Fsp3) is 0.846. The zero-order chi connectivity index (χ0) is 12.3. The van der Waals surface area contributed by atoms with Gasteiger partial charge in [0.25, 0.3) is 0 Å². The second kappa shape index (κ2) is 5.63. The maximum atomic E-state index is 10.3. The molecule has 1 aliphatic rings. The predicted molar refractivity (Wildman–Crippen MR) is 66.5 cm³/mol. The van der Waals surface area contributed by atoms with Gasteiger partial charge in [0.15, 0.2) is 0 Å². The van der Waals surface area contributed by atoms with Crippen LogP contribution in [-0.2, 0) is 13.0 Å². The molecule has 0 spiro atoms. The van der Waals surface area contributed by atoms with Gasteiger partial charge in [0.05, 0.1) is 6.10 Å². The third-order valence-electron chi connectivity index (χ3n) is 4.09. The molecule has 17 heavy (non-hydrogen) atoms. The predicted octanol–water partition coefficient (Wildman–Crippen LogP) is 2.03. The molecule has 2 rings (SSSR count). The summed E-state index contributed by atoms with van der Waals surface area (Å²) >= 11 is 0. The van der Waals surface area contributed by atoms with Crippen LogP contribution in [0, 0.1) is 11.8 Å². The highest BCUT2D eigenvalue weighted by molar-refractivity contribution is 4.91. The summed E-state index contributed by atoms with van der Waals surface area (Å²) in [5.41, 5.74) is 0. The SMILES string of the molecule is CCC1CCC(C(O)Cc2ncnn2CC)C1. The Morgan fingerprint density at radius 3 is 2.94 bits per heavy atom. The maximum Gasteiger partial charge on any atom is 0.138 e. The van der Waals surface area contributed by atoms with Crippen molar-refractivity contribution >= 4 is 0 Å². The zero-order valence-corrected chi connectivity index (χ0v) is 10.8. The molecule has 1 saturated carbocycles. The topological polar surface area (TPSA) is 50.9 Å². The average Bonchev–Trinajstić information content (AvgIpc) is 2.96. The van der Waals surface area contributed by atoms with Crippen molar-refractivity contribution < 1.29 is 5.11 Å². The van der Waals surface area contributed by atoms with E-state index in [0.29, 0.717) is 12.3 Å². The van der Waals surface area contributed by atoms with E-state index in [1.807, 2.05) is 11.6 Å². The smallest absolute Gasteiger partial charge is 0.138 e. The van der Waals surface area contributed by atoms with Crippen molar-refractivity contribution in [3.05, 3.63) is 12.2 Å². The second-order valence-corrected chi connectivity index (χ2v) is 5.11. The summed E-state index contributed by atoms with van der Waals surface area (Å²) < 4.78 is 1.87. The van der Waals surface area contributed by atoms with Gasteiger partial charge in [-0.2, -0.15) is 5.10 Å². The van der Waals surface area contributed by atoms with Gasteiger partial charge in [-0.3, -0.25) is 4.68 Å². The Bertz CT molecular complexity index is 350. The van der Waals surface area contributed by atoms with Crippen LogP contribution in [0.3, 0.4) is 0 Å². The number of aliphatic hydroxyl groups excluding tert-OH is 1. The summed E-state index contributed by atoms with van der Waals surface area (Å²) in [6.45, 7) is 5.12. The first-order valence-corrected chi connectivity index (χ1v) is 6.79. The summed E-state index contributed by atoms with van der Waals surface area (Å²) in [4.78, 5) is 4.23. The average molecular weight is 237 g/mol. The monoisotopic (exact) mass is 237 g/mol. The van der Waals surface area contributed by atoms with E-state index >= 15 is 0 Å². The van der Waals surface area contributed by atoms with Crippen molar-refractivity contribution in [2.75, 3.05) is 0 Å². The molecule has 1 N–H and O–H groups in total. The summed E-state index contributed by atoms with van der Waals surface area (Å²) in [6.07, 6.45) is 6.84. The van der Waals surface area contributed by atoms with Gasteiger partial charge in [0, 0.05) is 13.0 Å². The summed E-state index contributed by atoms with van der Waals surface area (Å²) in [6, 6.07) is 0. The minimum atomic E-state index is -0.249. The highest BCUT2D eigenvalue weighted by Gasteiger charge is 2.29. The van der Waals surface area contributed by atoms with Crippen LogP contribution in [0.15, 0.2) is 6.33 Å². The third kappa shape index (κ3) is 2.86. The van der Waals surface area contributed by atoms with Crippen LogP contribution >= 0.6 is 0 Å². The number of nitrogens with zero attached hydrogens (tertiary/aromatic N) is 3. The van der Waals surface area contributed by atoms with Gasteiger partial charge in [0.1, 0.15) is 12.2 Å². The van der Waals surface area contributed by atoms with Gasteiger partial charge in [-0.05, 0) is 31.6 Å². The lowest BCUT2D eigenvalue weighted by Crippen LogP contribution is -2.23. The molecular weight excluding hydrogens is 214 g/mol. The van der Waals surface area contributed by atoms with Crippen LogP contribution in [0.2, 0.25) is 0 Å². The van der Waals surface area contributed by atoms with Crippen molar-refractivity contribution in [1.29, 1.82) is 0 Å². The van der Waals surface area contributed by atoms with Gasteiger partial charge in [0.2, 0.25) is 0 Å². The summed E-state index contributed by atoms with van der Waals surface area (Å²) in [5, 5.41) is 14.4. The standard InChI is InChI=1S/C13H23N3O/c1-3-10-5-6-11(7-10)12(17)8-13-14-9-15-16(13)4-2/h9-12,17H,3-8H2,1-2H3. The van der Waals surface area contributed by atoms with Crippen LogP contribution in [0.5, 0.6) is 0 Å². The third-order valence-corrected chi connectivity index (χ3v) is 4.09. The fourth-order valence-corrected chi connectivity index (χ4v) is 2.90. The number of aliphatic hydroxyl groups is 1. The number of hydrogen-bond donors (Lipinski definition) is 1. The molecule has 0 aliphatic heterocycles. The lowest BCUT2D eigenvalue weighted by molar-refractivity contribution is 0.105. The molecule has 1 aliphatic carbocycles. The molecule has 1 aromatic heterocycles. The summed E-state index contributed by atoms with van der Waals surface area (Å²) in [7, 11) is 0. The summed E-state index contributed by atoms with van der Waals surface area (Å²) in [5.74, 6) is 2.19. The molecule has 0 amide bonds. The molecule has 1 fully saturated rings. The molecule has 3 atom stereocenters. The maximum absolute atomic E-state index is 10.3. The molecule has 4 heteroatoms. The van der Waals surface area contributed by atoms with E-state index in [-0.39, 0.29) is 6.10 Å². The molecule has 1 aromatic rings. The molecule has 0 aromatic carbocycles. The molecule has 1 heterocycles. The Kier molecular flexibility index (Phi) is 4.15. The second-order valence-electron chi connectivity index (χ2n) is 5.11. The van der Waals surface area contributed by atoms with Crippen molar-refractivity contribution in [2.45, 2.75) is 58.6 Å². The zero-order valence-electron chi connectivity index (χ0n) is 10.8. The first-order valence-electron chi connectivity index (χ1n) is 6.79. The van der Waals surface area contributed by atoms with Crippen molar-refractivity contribution in [3.8, 4) is 0 Å². The lowest BCUT2D eigenvalue weighted by atomic mass is 9.96. The van der Waals surface area contributed by atoms with Crippen molar-refractivity contribution in [3.63, 3.8) is 0 Å². The molecule has 4 nitrogen and oxygen atoms in total. The lowest BCUT2D eigenvalue weighted by Gasteiger charge is -2.17. The van der Waals surface area contributed by atoms with Gasteiger partial charge in [-0.25, -0.2) is 4.98 Å². The van der Waals surface area contributed by atoms with Crippen LogP contribution < -0.4 is 0 Å².